The average molecular weight is 183 g/mol. The lowest BCUT2D eigenvalue weighted by molar-refractivity contribution is 0.340. The molecule has 2 atom stereocenters. The lowest BCUT2D eigenvalue weighted by atomic mass is 9.98. The van der Waals surface area contributed by atoms with Gasteiger partial charge < -0.3 is 5.32 Å². The summed E-state index contributed by atoms with van der Waals surface area (Å²) in [6.45, 7) is 6.94. The summed E-state index contributed by atoms with van der Waals surface area (Å²) in [5.41, 5.74) is 0. The molecule has 0 aromatic carbocycles. The highest BCUT2D eigenvalue weighted by atomic mass is 14.9. The second-order valence-corrected chi connectivity index (χ2v) is 4.69. The van der Waals surface area contributed by atoms with E-state index < -0.39 is 0 Å². The molecule has 1 nitrogen and oxygen atoms in total. The minimum Gasteiger partial charge on any atom is -0.312 e. The molecule has 0 aromatic heterocycles. The zero-order valence-electron chi connectivity index (χ0n) is 9.47. The summed E-state index contributed by atoms with van der Waals surface area (Å²) >= 11 is 0. The van der Waals surface area contributed by atoms with Crippen molar-refractivity contribution in [2.45, 2.75) is 71.4 Å². The molecular formula is C12H25N. The van der Waals surface area contributed by atoms with E-state index in [0.717, 1.165) is 12.0 Å². The van der Waals surface area contributed by atoms with Gasteiger partial charge in [-0.2, -0.15) is 0 Å². The van der Waals surface area contributed by atoms with Crippen molar-refractivity contribution >= 4 is 0 Å². The molecule has 0 bridgehead atoms. The molecule has 1 fully saturated rings. The predicted octanol–water partition coefficient (Wildman–Crippen LogP) is 3.34. The van der Waals surface area contributed by atoms with Gasteiger partial charge in [0.15, 0.2) is 0 Å². The highest BCUT2D eigenvalue weighted by Crippen LogP contribution is 2.27. The van der Waals surface area contributed by atoms with Crippen LogP contribution in [0.3, 0.4) is 0 Å². The first kappa shape index (κ1) is 11.0. The first-order chi connectivity index (χ1) is 6.24. The van der Waals surface area contributed by atoms with Gasteiger partial charge in [0, 0.05) is 12.1 Å². The summed E-state index contributed by atoms with van der Waals surface area (Å²) in [5.74, 6) is 0.958. The highest BCUT2D eigenvalue weighted by Gasteiger charge is 2.21. The fourth-order valence-corrected chi connectivity index (χ4v) is 2.56. The third-order valence-electron chi connectivity index (χ3n) is 3.38. The molecule has 1 unspecified atom stereocenters. The van der Waals surface area contributed by atoms with Gasteiger partial charge in [0.25, 0.3) is 0 Å². The Balaban J connectivity index is 2.18. The molecule has 0 aliphatic heterocycles. The molecule has 0 amide bonds. The van der Waals surface area contributed by atoms with Gasteiger partial charge in [0.1, 0.15) is 0 Å². The fourth-order valence-electron chi connectivity index (χ4n) is 2.56. The van der Waals surface area contributed by atoms with E-state index in [1.54, 1.807) is 0 Å². The van der Waals surface area contributed by atoms with Gasteiger partial charge in [0.05, 0.1) is 0 Å². The lowest BCUT2D eigenvalue weighted by Gasteiger charge is -2.24. The van der Waals surface area contributed by atoms with Gasteiger partial charge in [-0.3, -0.25) is 0 Å². The van der Waals surface area contributed by atoms with E-state index in [-0.39, 0.29) is 0 Å². The number of nitrogens with one attached hydrogen (secondary N) is 1. The Bertz CT molecular complexity index is 127. The zero-order chi connectivity index (χ0) is 9.68. The van der Waals surface area contributed by atoms with Crippen LogP contribution in [0.1, 0.15) is 59.3 Å². The SMILES string of the molecule is CCCC(C)N[C@@H](C)C1CCCC1. The Kier molecular flexibility index (Phi) is 4.79. The molecule has 1 saturated carbocycles. The summed E-state index contributed by atoms with van der Waals surface area (Å²) in [5, 5.41) is 3.72. The van der Waals surface area contributed by atoms with Crippen molar-refractivity contribution < 1.29 is 0 Å². The van der Waals surface area contributed by atoms with Gasteiger partial charge in [-0.1, -0.05) is 26.2 Å². The van der Waals surface area contributed by atoms with Crippen LogP contribution in [-0.4, -0.2) is 12.1 Å². The molecule has 0 saturated heterocycles. The molecular weight excluding hydrogens is 158 g/mol. The first-order valence-electron chi connectivity index (χ1n) is 6.00. The van der Waals surface area contributed by atoms with Crippen LogP contribution in [0.15, 0.2) is 0 Å². The van der Waals surface area contributed by atoms with E-state index in [2.05, 4.69) is 26.1 Å². The molecule has 0 spiro atoms. The monoisotopic (exact) mass is 183 g/mol. The Morgan fingerprint density at radius 1 is 1.23 bits per heavy atom. The zero-order valence-corrected chi connectivity index (χ0v) is 9.47. The quantitative estimate of drug-likeness (QED) is 0.689. The van der Waals surface area contributed by atoms with Crippen molar-refractivity contribution in [3.05, 3.63) is 0 Å². The van der Waals surface area contributed by atoms with E-state index in [1.165, 1.54) is 38.5 Å². The van der Waals surface area contributed by atoms with Crippen LogP contribution in [0.4, 0.5) is 0 Å². The predicted molar refractivity (Wildman–Crippen MR) is 58.9 cm³/mol. The van der Waals surface area contributed by atoms with Gasteiger partial charge in [-0.15, -0.1) is 0 Å². The third kappa shape index (κ3) is 3.68. The molecule has 1 rings (SSSR count). The fraction of sp³-hybridized carbons (Fsp3) is 1.00. The minimum absolute atomic E-state index is 0.709. The number of hydrogen-bond acceptors (Lipinski definition) is 1. The van der Waals surface area contributed by atoms with Crippen molar-refractivity contribution in [3.8, 4) is 0 Å². The maximum Gasteiger partial charge on any atom is 0.00694 e. The molecule has 0 radical (unpaired) electrons. The lowest BCUT2D eigenvalue weighted by Crippen LogP contribution is -2.38. The Morgan fingerprint density at radius 3 is 2.38 bits per heavy atom. The minimum atomic E-state index is 0.709. The average Bonchev–Trinajstić information content (AvgIpc) is 2.55. The molecule has 1 heteroatoms. The standard InChI is InChI=1S/C12H25N/c1-4-7-10(2)13-11(3)12-8-5-6-9-12/h10-13H,4-9H2,1-3H3/t10?,11-/m0/s1. The van der Waals surface area contributed by atoms with Crippen LogP contribution in [0.2, 0.25) is 0 Å². The van der Waals surface area contributed by atoms with Gasteiger partial charge in [-0.05, 0) is 39.0 Å². The van der Waals surface area contributed by atoms with Crippen LogP contribution in [0, 0.1) is 5.92 Å². The van der Waals surface area contributed by atoms with Crippen molar-refractivity contribution in [2.75, 3.05) is 0 Å². The second kappa shape index (κ2) is 5.64. The van der Waals surface area contributed by atoms with Crippen LogP contribution in [0.5, 0.6) is 0 Å². The van der Waals surface area contributed by atoms with E-state index in [9.17, 15) is 0 Å². The molecule has 0 heterocycles. The summed E-state index contributed by atoms with van der Waals surface area (Å²) in [7, 11) is 0. The number of hydrogen-bond donors (Lipinski definition) is 1. The molecule has 1 aliphatic rings. The molecule has 1 N–H and O–H groups in total. The number of rotatable bonds is 5. The van der Waals surface area contributed by atoms with Gasteiger partial charge >= 0.3 is 0 Å². The van der Waals surface area contributed by atoms with Crippen molar-refractivity contribution in [1.29, 1.82) is 0 Å². The summed E-state index contributed by atoms with van der Waals surface area (Å²) < 4.78 is 0. The Hall–Kier alpha value is -0.0400. The van der Waals surface area contributed by atoms with Crippen molar-refractivity contribution in [1.82, 2.24) is 5.32 Å². The van der Waals surface area contributed by atoms with E-state index >= 15 is 0 Å². The second-order valence-electron chi connectivity index (χ2n) is 4.69. The smallest absolute Gasteiger partial charge is 0.00694 e. The highest BCUT2D eigenvalue weighted by molar-refractivity contribution is 4.79. The summed E-state index contributed by atoms with van der Waals surface area (Å²) in [4.78, 5) is 0. The molecule has 0 aromatic rings. The summed E-state index contributed by atoms with van der Waals surface area (Å²) in [6, 6.07) is 1.45. The Labute approximate surface area is 83.3 Å². The normalized spacial score (nSPS) is 23.3. The maximum atomic E-state index is 3.72. The van der Waals surface area contributed by atoms with Crippen LogP contribution < -0.4 is 5.32 Å². The maximum absolute atomic E-state index is 3.72. The van der Waals surface area contributed by atoms with Crippen molar-refractivity contribution in [2.24, 2.45) is 5.92 Å². The molecule has 1 aliphatic carbocycles. The summed E-state index contributed by atoms with van der Waals surface area (Å²) in [6.07, 6.45) is 8.43. The van der Waals surface area contributed by atoms with Crippen LogP contribution >= 0.6 is 0 Å². The van der Waals surface area contributed by atoms with Gasteiger partial charge in [0.2, 0.25) is 0 Å². The molecule has 78 valence electrons. The van der Waals surface area contributed by atoms with Crippen molar-refractivity contribution in [3.63, 3.8) is 0 Å². The largest absolute Gasteiger partial charge is 0.312 e. The van der Waals surface area contributed by atoms with E-state index in [0.29, 0.717) is 6.04 Å². The molecule has 13 heavy (non-hydrogen) atoms. The Morgan fingerprint density at radius 2 is 1.85 bits per heavy atom. The van der Waals surface area contributed by atoms with Crippen LogP contribution in [-0.2, 0) is 0 Å². The van der Waals surface area contributed by atoms with Gasteiger partial charge in [-0.25, -0.2) is 0 Å². The van der Waals surface area contributed by atoms with Crippen LogP contribution in [0.25, 0.3) is 0 Å². The first-order valence-corrected chi connectivity index (χ1v) is 6.00. The van der Waals surface area contributed by atoms with E-state index in [4.69, 9.17) is 0 Å². The topological polar surface area (TPSA) is 12.0 Å². The third-order valence-corrected chi connectivity index (χ3v) is 3.38. The van der Waals surface area contributed by atoms with E-state index in [1.807, 2.05) is 0 Å².